The van der Waals surface area contributed by atoms with Gasteiger partial charge in [0, 0.05) is 44.0 Å². The lowest BCUT2D eigenvalue weighted by Gasteiger charge is -2.12. The second-order valence-corrected chi connectivity index (χ2v) is 12.5. The molecule has 3 heterocycles. The Kier molecular flexibility index (Phi) is 5.75. The minimum atomic E-state index is 0.913. The number of fused-ring (bicyclic) bond motifs is 7. The molecule has 0 bridgehead atoms. The average Bonchev–Trinajstić information content (AvgIpc) is 3.81. The Morgan fingerprint density at radius 3 is 2.06 bits per heavy atom. The first-order valence-corrected chi connectivity index (χ1v) is 16.3. The van der Waals surface area contributed by atoms with Crippen molar-refractivity contribution in [2.45, 2.75) is 6.92 Å². The van der Waals surface area contributed by atoms with Gasteiger partial charge in [0.05, 0.1) is 22.1 Å². The van der Waals surface area contributed by atoms with Crippen molar-refractivity contribution < 1.29 is 4.42 Å². The first-order chi connectivity index (χ1) is 23.7. The summed E-state index contributed by atoms with van der Waals surface area (Å²) in [7, 11) is 0. The maximum absolute atomic E-state index is 6.41. The lowest BCUT2D eigenvalue weighted by atomic mass is 10.0. The van der Waals surface area contributed by atoms with Crippen LogP contribution < -0.4 is 0 Å². The number of para-hydroxylation sites is 5. The summed E-state index contributed by atoms with van der Waals surface area (Å²) in [6.45, 7) is 2.13. The van der Waals surface area contributed by atoms with Crippen LogP contribution in [0.2, 0.25) is 0 Å². The van der Waals surface area contributed by atoms with E-state index in [1.165, 1.54) is 21.9 Å². The zero-order chi connectivity index (χ0) is 31.8. The molecule has 0 aliphatic rings. The van der Waals surface area contributed by atoms with Gasteiger partial charge in [0.15, 0.2) is 0 Å². The quantitative estimate of drug-likeness (QED) is 0.197. The minimum Gasteiger partial charge on any atom is -0.455 e. The molecule has 0 amide bonds. The molecule has 3 aromatic heterocycles. The van der Waals surface area contributed by atoms with Crippen LogP contribution in [0, 0.1) is 6.92 Å². The van der Waals surface area contributed by atoms with E-state index in [2.05, 4.69) is 156 Å². The van der Waals surface area contributed by atoms with Crippen molar-refractivity contribution in [2.24, 2.45) is 0 Å². The van der Waals surface area contributed by atoms with Gasteiger partial charge in [0.1, 0.15) is 17.0 Å². The van der Waals surface area contributed by atoms with Crippen LogP contribution in [-0.2, 0) is 0 Å². The fourth-order valence-electron chi connectivity index (χ4n) is 7.40. The normalized spacial score (nSPS) is 11.9. The van der Waals surface area contributed by atoms with Gasteiger partial charge in [0.25, 0.3) is 0 Å². The fourth-order valence-corrected chi connectivity index (χ4v) is 7.40. The van der Waals surface area contributed by atoms with Crippen LogP contribution in [0.15, 0.2) is 162 Å². The summed E-state index contributed by atoms with van der Waals surface area (Å²) in [6, 6.07) is 55.9. The molecule has 10 rings (SSSR count). The Labute approximate surface area is 276 Å². The SMILES string of the molecule is Cc1cccc(-n2c(-c3ccc(-n4c5ccccc5c5cc(-c6cccc7c6oc6ccccc67)ccc54)cc3)nc3ccccc32)c1. The summed E-state index contributed by atoms with van der Waals surface area (Å²) >= 11 is 0. The number of aryl methyl sites for hydroxylation is 1. The Bertz CT molecular complexity index is 2850. The fraction of sp³-hybridized carbons (Fsp3) is 0.0227. The van der Waals surface area contributed by atoms with Gasteiger partial charge in [-0.15, -0.1) is 0 Å². The molecular formula is C44H29N3O. The third-order valence-electron chi connectivity index (χ3n) is 9.59. The van der Waals surface area contributed by atoms with E-state index >= 15 is 0 Å². The van der Waals surface area contributed by atoms with E-state index in [9.17, 15) is 0 Å². The minimum absolute atomic E-state index is 0.913. The molecule has 48 heavy (non-hydrogen) atoms. The number of imidazole rings is 1. The molecule has 0 unspecified atom stereocenters. The number of nitrogens with zero attached hydrogens (tertiary/aromatic N) is 3. The molecule has 7 aromatic carbocycles. The van der Waals surface area contributed by atoms with Gasteiger partial charge in [-0.1, -0.05) is 84.9 Å². The van der Waals surface area contributed by atoms with E-state index in [0.717, 1.165) is 72.4 Å². The molecule has 10 aromatic rings. The summed E-state index contributed by atoms with van der Waals surface area (Å²) in [5, 5.41) is 4.71. The van der Waals surface area contributed by atoms with E-state index in [4.69, 9.17) is 9.40 Å². The maximum atomic E-state index is 6.41. The lowest BCUT2D eigenvalue weighted by Crippen LogP contribution is -1.99. The highest BCUT2D eigenvalue weighted by Gasteiger charge is 2.18. The van der Waals surface area contributed by atoms with Crippen molar-refractivity contribution in [3.8, 4) is 33.9 Å². The predicted octanol–water partition coefficient (Wildman–Crippen LogP) is 11.7. The molecule has 0 atom stereocenters. The molecule has 0 radical (unpaired) electrons. The summed E-state index contributed by atoms with van der Waals surface area (Å²) in [6.07, 6.45) is 0. The molecule has 0 aliphatic carbocycles. The molecule has 4 heteroatoms. The Hall–Kier alpha value is -6.39. The van der Waals surface area contributed by atoms with Crippen LogP contribution in [0.4, 0.5) is 0 Å². The van der Waals surface area contributed by atoms with Crippen LogP contribution in [0.25, 0.3) is 88.7 Å². The van der Waals surface area contributed by atoms with E-state index in [1.807, 2.05) is 18.2 Å². The molecular weight excluding hydrogens is 587 g/mol. The zero-order valence-corrected chi connectivity index (χ0v) is 26.3. The van der Waals surface area contributed by atoms with Crippen LogP contribution >= 0.6 is 0 Å². The highest BCUT2D eigenvalue weighted by Crippen LogP contribution is 2.39. The lowest BCUT2D eigenvalue weighted by molar-refractivity contribution is 0.670. The van der Waals surface area contributed by atoms with Crippen molar-refractivity contribution in [1.82, 2.24) is 14.1 Å². The highest BCUT2D eigenvalue weighted by molar-refractivity contribution is 6.13. The van der Waals surface area contributed by atoms with E-state index in [0.29, 0.717) is 0 Å². The second kappa shape index (κ2) is 10.3. The van der Waals surface area contributed by atoms with E-state index in [-0.39, 0.29) is 0 Å². The van der Waals surface area contributed by atoms with Gasteiger partial charge < -0.3 is 8.98 Å². The highest BCUT2D eigenvalue weighted by atomic mass is 16.3. The molecule has 0 N–H and O–H groups in total. The summed E-state index contributed by atoms with van der Waals surface area (Å²) in [4.78, 5) is 5.10. The summed E-state index contributed by atoms with van der Waals surface area (Å²) in [5.74, 6) is 0.931. The molecule has 4 nitrogen and oxygen atoms in total. The number of benzene rings is 7. The number of rotatable bonds is 4. The van der Waals surface area contributed by atoms with E-state index < -0.39 is 0 Å². The smallest absolute Gasteiger partial charge is 0.145 e. The molecule has 0 fully saturated rings. The molecule has 0 saturated heterocycles. The number of furan rings is 1. The second-order valence-electron chi connectivity index (χ2n) is 12.5. The number of hydrogen-bond donors (Lipinski definition) is 0. The van der Waals surface area contributed by atoms with Gasteiger partial charge >= 0.3 is 0 Å². The molecule has 0 aliphatic heterocycles. The average molecular weight is 616 g/mol. The van der Waals surface area contributed by atoms with Crippen molar-refractivity contribution in [3.05, 3.63) is 163 Å². The van der Waals surface area contributed by atoms with Crippen molar-refractivity contribution >= 4 is 54.8 Å². The predicted molar refractivity (Wildman–Crippen MR) is 198 cm³/mol. The Balaban J connectivity index is 1.12. The van der Waals surface area contributed by atoms with Gasteiger partial charge in [-0.25, -0.2) is 4.98 Å². The van der Waals surface area contributed by atoms with Gasteiger partial charge in [0.2, 0.25) is 0 Å². The third-order valence-corrected chi connectivity index (χ3v) is 9.59. The maximum Gasteiger partial charge on any atom is 0.145 e. The van der Waals surface area contributed by atoms with Crippen molar-refractivity contribution in [2.75, 3.05) is 0 Å². The first kappa shape index (κ1) is 26.8. The van der Waals surface area contributed by atoms with Gasteiger partial charge in [-0.3, -0.25) is 4.57 Å². The van der Waals surface area contributed by atoms with Crippen LogP contribution in [-0.4, -0.2) is 14.1 Å². The zero-order valence-electron chi connectivity index (χ0n) is 26.3. The van der Waals surface area contributed by atoms with Gasteiger partial charge in [-0.2, -0.15) is 0 Å². The number of hydrogen-bond acceptors (Lipinski definition) is 2. The third kappa shape index (κ3) is 3.99. The van der Waals surface area contributed by atoms with Gasteiger partial charge in [-0.05, 0) is 90.8 Å². The Morgan fingerprint density at radius 2 is 1.19 bits per heavy atom. The molecule has 226 valence electrons. The first-order valence-electron chi connectivity index (χ1n) is 16.3. The van der Waals surface area contributed by atoms with Crippen LogP contribution in [0.5, 0.6) is 0 Å². The Morgan fingerprint density at radius 1 is 0.479 bits per heavy atom. The van der Waals surface area contributed by atoms with Crippen LogP contribution in [0.3, 0.4) is 0 Å². The summed E-state index contributed by atoms with van der Waals surface area (Å²) < 4.78 is 11.0. The van der Waals surface area contributed by atoms with Crippen molar-refractivity contribution in [3.63, 3.8) is 0 Å². The monoisotopic (exact) mass is 615 g/mol. The van der Waals surface area contributed by atoms with E-state index in [1.54, 1.807) is 0 Å². The van der Waals surface area contributed by atoms with Crippen molar-refractivity contribution in [1.29, 1.82) is 0 Å². The summed E-state index contributed by atoms with van der Waals surface area (Å²) in [5.41, 5.74) is 13.0. The number of aromatic nitrogens is 3. The largest absolute Gasteiger partial charge is 0.455 e. The standard InChI is InChI=1S/C44H29N3O/c1-28-10-8-11-32(26-28)47-41-18-6-4-16-38(41)45-44(47)29-20-23-31(24-21-29)46-39-17-5-2-12-34(39)37-27-30(22-25-40(37)46)33-14-9-15-36-35-13-3-7-19-42(35)48-43(33)36/h2-27H,1H3. The van der Waals surface area contributed by atoms with Crippen LogP contribution in [0.1, 0.15) is 5.56 Å². The molecule has 0 saturated carbocycles. The topological polar surface area (TPSA) is 35.9 Å². The molecule has 0 spiro atoms.